The average Bonchev–Trinajstić information content (AvgIpc) is 2.56. The highest BCUT2D eigenvalue weighted by molar-refractivity contribution is 6.83. The highest BCUT2D eigenvalue weighted by Crippen LogP contribution is 2.56. The number of ether oxygens (including phenoxy) is 1. The van der Waals surface area contributed by atoms with E-state index in [9.17, 15) is 9.90 Å². The number of hydrogen-bond acceptors (Lipinski definition) is 3. The molecule has 0 amide bonds. The predicted molar refractivity (Wildman–Crippen MR) is 123 cm³/mol. The highest BCUT2D eigenvalue weighted by atomic mass is 28.3. The third kappa shape index (κ3) is 3.42. The smallest absolute Gasteiger partial charge is 0.316 e. The van der Waals surface area contributed by atoms with Crippen LogP contribution in [0.3, 0.4) is 0 Å². The van der Waals surface area contributed by atoms with Crippen LogP contribution in [-0.2, 0) is 15.2 Å². The molecule has 156 valence electrons. The number of carboxylic acid groups (broad SMARTS) is 1. The van der Waals surface area contributed by atoms with Gasteiger partial charge in [0.2, 0.25) is 9.04 Å². The number of aliphatic carboxylic acids is 1. The van der Waals surface area contributed by atoms with Crippen molar-refractivity contribution in [3.63, 3.8) is 0 Å². The summed E-state index contributed by atoms with van der Waals surface area (Å²) in [5.74, 6) is 1.09. The van der Waals surface area contributed by atoms with E-state index in [1.807, 2.05) is 36.4 Å². The maximum absolute atomic E-state index is 13.1. The zero-order valence-electron chi connectivity index (χ0n) is 18.7. The van der Waals surface area contributed by atoms with Crippen LogP contribution in [0, 0.1) is 0 Å². The molecule has 2 aromatic carbocycles. The van der Waals surface area contributed by atoms with Gasteiger partial charge in [-0.15, -0.1) is 0 Å². The quantitative estimate of drug-likeness (QED) is 0.635. The molecule has 1 aliphatic heterocycles. The SMILES string of the molecule is C[SiH](C)Oc1cc(C(C)(C)C)cc2c1C(C(=O)O)([Si](C)(C)C)c1ccccc1O2. The number of fused-ring (bicyclic) bond motifs is 2. The summed E-state index contributed by atoms with van der Waals surface area (Å²) in [4.78, 5) is 13.1. The van der Waals surface area contributed by atoms with Gasteiger partial charge in [0.05, 0.1) is 13.6 Å². The van der Waals surface area contributed by atoms with E-state index in [-0.39, 0.29) is 5.41 Å². The van der Waals surface area contributed by atoms with Crippen molar-refractivity contribution >= 4 is 23.1 Å². The Morgan fingerprint density at radius 2 is 1.72 bits per heavy atom. The molecule has 0 spiro atoms. The second-order valence-electron chi connectivity index (χ2n) is 10.2. The van der Waals surface area contributed by atoms with Gasteiger partial charge in [0.15, 0.2) is 0 Å². The van der Waals surface area contributed by atoms with Gasteiger partial charge >= 0.3 is 5.97 Å². The van der Waals surface area contributed by atoms with Crippen molar-refractivity contribution in [2.45, 2.75) is 64.0 Å². The zero-order chi connectivity index (χ0) is 21.8. The highest BCUT2D eigenvalue weighted by Gasteiger charge is 2.59. The normalized spacial score (nSPS) is 18.7. The number of carbonyl (C=O) groups is 1. The third-order valence-electron chi connectivity index (χ3n) is 5.63. The van der Waals surface area contributed by atoms with Crippen LogP contribution in [0.2, 0.25) is 32.7 Å². The van der Waals surface area contributed by atoms with Crippen LogP contribution in [0.25, 0.3) is 0 Å². The number of hydrogen-bond donors (Lipinski definition) is 1. The molecule has 4 nitrogen and oxygen atoms in total. The van der Waals surface area contributed by atoms with Crippen LogP contribution < -0.4 is 9.16 Å². The summed E-state index contributed by atoms with van der Waals surface area (Å²) in [7, 11) is -3.85. The molecule has 29 heavy (non-hydrogen) atoms. The molecule has 0 fully saturated rings. The molecule has 0 aromatic heterocycles. The van der Waals surface area contributed by atoms with Crippen LogP contribution in [-0.4, -0.2) is 28.2 Å². The molecule has 3 rings (SSSR count). The van der Waals surface area contributed by atoms with E-state index in [1.165, 1.54) is 0 Å². The second-order valence-corrected chi connectivity index (χ2v) is 17.8. The first-order valence-corrected chi connectivity index (χ1v) is 16.4. The van der Waals surface area contributed by atoms with Crippen molar-refractivity contribution in [1.82, 2.24) is 0 Å². The van der Waals surface area contributed by atoms with E-state index in [2.05, 4.69) is 53.5 Å². The van der Waals surface area contributed by atoms with Gasteiger partial charge in [-0.05, 0) is 42.3 Å². The third-order valence-corrected chi connectivity index (χ3v) is 9.34. The van der Waals surface area contributed by atoms with Gasteiger partial charge < -0.3 is 14.3 Å². The van der Waals surface area contributed by atoms with Crippen LogP contribution in [0.4, 0.5) is 0 Å². The Hall–Kier alpha value is -2.06. The fraction of sp³-hybridized carbons (Fsp3) is 0.435. The molecular weight excluding hydrogens is 396 g/mol. The lowest BCUT2D eigenvalue weighted by Crippen LogP contribution is -2.57. The lowest BCUT2D eigenvalue weighted by Gasteiger charge is -2.45. The van der Waals surface area contributed by atoms with Gasteiger partial charge in [-0.2, -0.15) is 0 Å². The Morgan fingerprint density at radius 3 is 2.24 bits per heavy atom. The fourth-order valence-electron chi connectivity index (χ4n) is 4.26. The maximum Gasteiger partial charge on any atom is 0.316 e. The molecule has 2 aromatic rings. The fourth-order valence-corrected chi connectivity index (χ4v) is 7.61. The monoisotopic (exact) mass is 428 g/mol. The van der Waals surface area contributed by atoms with Crippen molar-refractivity contribution in [3.8, 4) is 17.2 Å². The molecular formula is C23H32O4Si2. The molecule has 1 N–H and O–H groups in total. The summed E-state index contributed by atoms with van der Waals surface area (Å²) in [6, 6.07) is 11.6. The number of carboxylic acids is 1. The van der Waals surface area contributed by atoms with Gasteiger partial charge in [-0.1, -0.05) is 58.6 Å². The lowest BCUT2D eigenvalue weighted by atomic mass is 9.81. The molecule has 0 bridgehead atoms. The Bertz CT molecular complexity index is 954. The molecule has 1 unspecified atom stereocenters. The molecule has 6 heteroatoms. The van der Waals surface area contributed by atoms with Gasteiger partial charge in [0.25, 0.3) is 0 Å². The molecule has 0 saturated carbocycles. The van der Waals surface area contributed by atoms with Crippen molar-refractivity contribution in [1.29, 1.82) is 0 Å². The lowest BCUT2D eigenvalue weighted by molar-refractivity contribution is -0.139. The molecule has 0 radical (unpaired) electrons. The first kappa shape index (κ1) is 21.6. The molecule has 0 aliphatic carbocycles. The van der Waals surface area contributed by atoms with E-state index in [0.717, 1.165) is 11.1 Å². The Morgan fingerprint density at radius 1 is 1.10 bits per heavy atom. The number of rotatable bonds is 4. The summed E-state index contributed by atoms with van der Waals surface area (Å²) in [6.07, 6.45) is 0. The summed E-state index contributed by atoms with van der Waals surface area (Å²) >= 11 is 0. The van der Waals surface area contributed by atoms with Crippen LogP contribution in [0.1, 0.15) is 37.5 Å². The van der Waals surface area contributed by atoms with Gasteiger partial charge in [0.1, 0.15) is 22.3 Å². The molecule has 1 atom stereocenters. The predicted octanol–water partition coefficient (Wildman–Crippen LogP) is 5.70. The van der Waals surface area contributed by atoms with Gasteiger partial charge in [-0.3, -0.25) is 4.79 Å². The topological polar surface area (TPSA) is 55.8 Å². The zero-order valence-corrected chi connectivity index (χ0v) is 20.9. The van der Waals surface area contributed by atoms with E-state index in [0.29, 0.717) is 22.8 Å². The first-order valence-electron chi connectivity index (χ1n) is 10.2. The standard InChI is InChI=1S/C23H32O4Si2/c1-22(2,3)15-13-18-20(19(14-15)27-28(4)5)23(21(24)25,29(6,7)8)16-11-9-10-12-17(16)26-18/h9-14,28H,1-8H3,(H,24,25). The summed E-state index contributed by atoms with van der Waals surface area (Å²) < 4.78 is 12.7. The minimum Gasteiger partial charge on any atom is -0.547 e. The Balaban J connectivity index is 2.49. The number of benzene rings is 2. The molecule has 1 heterocycles. The van der Waals surface area contributed by atoms with Gasteiger partial charge in [-0.25, -0.2) is 0 Å². The maximum atomic E-state index is 13.1. The average molecular weight is 429 g/mol. The van der Waals surface area contributed by atoms with Crippen LogP contribution in [0.5, 0.6) is 17.2 Å². The minimum atomic E-state index is -2.36. The summed E-state index contributed by atoms with van der Waals surface area (Å²) in [5, 5.41) is 9.59. The van der Waals surface area contributed by atoms with Crippen molar-refractivity contribution in [2.75, 3.05) is 0 Å². The number of para-hydroxylation sites is 1. The minimum absolute atomic E-state index is 0.114. The van der Waals surface area contributed by atoms with Crippen molar-refractivity contribution in [3.05, 3.63) is 53.1 Å². The van der Waals surface area contributed by atoms with Crippen LogP contribution in [0.15, 0.2) is 36.4 Å². The summed E-state index contributed by atoms with van der Waals surface area (Å²) in [5.41, 5.74) is 2.39. The van der Waals surface area contributed by atoms with E-state index in [1.54, 1.807) is 0 Å². The van der Waals surface area contributed by atoms with E-state index < -0.39 is 28.1 Å². The largest absolute Gasteiger partial charge is 0.547 e. The van der Waals surface area contributed by atoms with Crippen molar-refractivity contribution < 1.29 is 19.1 Å². The second kappa shape index (κ2) is 7.02. The Labute approximate surface area is 176 Å². The van der Waals surface area contributed by atoms with E-state index in [4.69, 9.17) is 9.16 Å². The molecule has 1 aliphatic rings. The first-order chi connectivity index (χ1) is 13.3. The Kier molecular flexibility index (Phi) is 5.24. The summed E-state index contributed by atoms with van der Waals surface area (Å²) in [6.45, 7) is 17.0. The van der Waals surface area contributed by atoms with Gasteiger partial charge in [0, 0.05) is 5.56 Å². The molecule has 0 saturated heterocycles. The van der Waals surface area contributed by atoms with Crippen molar-refractivity contribution in [2.24, 2.45) is 0 Å². The van der Waals surface area contributed by atoms with E-state index >= 15 is 0 Å². The van der Waals surface area contributed by atoms with Crippen LogP contribution >= 0.6 is 0 Å².